The number of carbonyl (C=O) groups is 2. The monoisotopic (exact) mass is 393 g/mol. The molecule has 0 aliphatic carbocycles. The van der Waals surface area contributed by atoms with Crippen molar-refractivity contribution in [3.63, 3.8) is 0 Å². The zero-order chi connectivity index (χ0) is 20.6. The van der Waals surface area contributed by atoms with Crippen molar-refractivity contribution in [1.29, 1.82) is 0 Å². The van der Waals surface area contributed by atoms with Crippen LogP contribution in [-0.2, 0) is 16.1 Å². The molecule has 146 valence electrons. The van der Waals surface area contributed by atoms with Crippen LogP contribution in [0.2, 0.25) is 0 Å². The third-order valence-electron chi connectivity index (χ3n) is 3.73. The van der Waals surface area contributed by atoms with E-state index in [2.05, 4.69) is 20.8 Å². The van der Waals surface area contributed by atoms with E-state index in [4.69, 9.17) is 4.42 Å². The van der Waals surface area contributed by atoms with Crippen molar-refractivity contribution >= 4 is 23.7 Å². The smallest absolute Gasteiger partial charge is 0.329 e. The third-order valence-corrected chi connectivity index (χ3v) is 3.73. The second kappa shape index (κ2) is 9.04. The van der Waals surface area contributed by atoms with E-state index in [1.807, 2.05) is 0 Å². The lowest BCUT2D eigenvalue weighted by molar-refractivity contribution is -0.384. The fourth-order valence-electron chi connectivity index (χ4n) is 2.32. The Balaban J connectivity index is 1.54. The second-order valence-corrected chi connectivity index (χ2v) is 5.75. The average molecular weight is 393 g/mol. The van der Waals surface area contributed by atoms with Gasteiger partial charge < -0.3 is 9.73 Å². The number of hydrazone groups is 1. The molecule has 0 saturated carbocycles. The quantitative estimate of drug-likeness (QED) is 0.284. The third kappa shape index (κ3) is 5.32. The number of nitro groups is 1. The van der Waals surface area contributed by atoms with Crippen LogP contribution >= 0.6 is 0 Å². The van der Waals surface area contributed by atoms with Crippen molar-refractivity contribution in [2.45, 2.75) is 6.54 Å². The highest BCUT2D eigenvalue weighted by molar-refractivity contribution is 6.35. The van der Waals surface area contributed by atoms with Gasteiger partial charge in [-0.1, -0.05) is 12.1 Å². The van der Waals surface area contributed by atoms with Gasteiger partial charge in [-0.2, -0.15) is 5.10 Å². The maximum atomic E-state index is 11.7. The summed E-state index contributed by atoms with van der Waals surface area (Å²) in [7, 11) is 0. The molecule has 0 bridgehead atoms. The lowest BCUT2D eigenvalue weighted by Crippen LogP contribution is -2.37. The summed E-state index contributed by atoms with van der Waals surface area (Å²) in [5.74, 6) is -1.07. The van der Waals surface area contributed by atoms with Crippen molar-refractivity contribution in [1.82, 2.24) is 15.7 Å². The van der Waals surface area contributed by atoms with Crippen LogP contribution < -0.4 is 10.7 Å². The molecule has 3 aromatic rings. The number of nitrogens with zero attached hydrogens (tertiary/aromatic N) is 3. The molecular formula is C19H15N5O5. The van der Waals surface area contributed by atoms with Crippen LogP contribution in [0.3, 0.4) is 0 Å². The number of carbonyl (C=O) groups excluding carboxylic acids is 2. The van der Waals surface area contributed by atoms with Crippen LogP contribution in [0.15, 0.2) is 70.4 Å². The van der Waals surface area contributed by atoms with Gasteiger partial charge in [0.05, 0.1) is 11.1 Å². The molecule has 2 amide bonds. The lowest BCUT2D eigenvalue weighted by atomic mass is 10.1. The number of hydrogen-bond donors (Lipinski definition) is 2. The van der Waals surface area contributed by atoms with E-state index >= 15 is 0 Å². The van der Waals surface area contributed by atoms with Gasteiger partial charge in [-0.15, -0.1) is 0 Å². The minimum atomic E-state index is -0.930. The van der Waals surface area contributed by atoms with Gasteiger partial charge in [0.1, 0.15) is 11.5 Å². The normalized spacial score (nSPS) is 10.6. The Kier molecular flexibility index (Phi) is 6.05. The zero-order valence-electron chi connectivity index (χ0n) is 14.9. The van der Waals surface area contributed by atoms with Gasteiger partial charge in [-0.3, -0.25) is 24.7 Å². The highest BCUT2D eigenvalue weighted by atomic mass is 16.6. The van der Waals surface area contributed by atoms with Crippen molar-refractivity contribution in [2.75, 3.05) is 0 Å². The number of hydrogen-bond acceptors (Lipinski definition) is 7. The first-order valence-electron chi connectivity index (χ1n) is 8.38. The van der Waals surface area contributed by atoms with Crippen molar-refractivity contribution in [3.05, 3.63) is 82.4 Å². The summed E-state index contributed by atoms with van der Waals surface area (Å²) in [6.07, 6.45) is 4.38. The topological polar surface area (TPSA) is 140 Å². The Bertz CT molecular complexity index is 1060. The molecule has 0 fully saturated rings. The highest BCUT2D eigenvalue weighted by Crippen LogP contribution is 2.25. The maximum Gasteiger partial charge on any atom is 0.329 e. The molecule has 10 heteroatoms. The molecule has 2 N–H and O–H groups in total. The number of non-ortho nitro benzene ring substituents is 1. The first kappa shape index (κ1) is 19.4. The molecule has 0 radical (unpaired) electrons. The number of nitrogens with one attached hydrogen (secondary N) is 2. The minimum Gasteiger partial charge on any atom is -0.455 e. The Morgan fingerprint density at radius 2 is 1.93 bits per heavy atom. The van der Waals surface area contributed by atoms with Crippen LogP contribution in [-0.4, -0.2) is 27.9 Å². The number of pyridine rings is 1. The van der Waals surface area contributed by atoms with Gasteiger partial charge in [0.25, 0.3) is 5.69 Å². The molecule has 3 rings (SSSR count). The standard InChI is InChI=1S/C19H15N5O5/c25-18(21-11-13-6-8-20-9-7-13)19(26)23-22-12-16-4-5-17(29-16)14-2-1-3-15(10-14)24(27)28/h1-10,12H,11H2,(H,21,25)(H,23,26)/b22-12+. The summed E-state index contributed by atoms with van der Waals surface area (Å²) in [5.41, 5.74) is 3.37. The number of aromatic nitrogens is 1. The van der Waals surface area contributed by atoms with Crippen LogP contribution in [0.1, 0.15) is 11.3 Å². The van der Waals surface area contributed by atoms with Crippen molar-refractivity contribution in [2.24, 2.45) is 5.10 Å². The van der Waals surface area contributed by atoms with Gasteiger partial charge in [-0.25, -0.2) is 5.43 Å². The molecule has 0 atom stereocenters. The van der Waals surface area contributed by atoms with Crippen molar-refractivity contribution in [3.8, 4) is 11.3 Å². The summed E-state index contributed by atoms with van der Waals surface area (Å²) in [4.78, 5) is 37.7. The Morgan fingerprint density at radius 1 is 1.14 bits per heavy atom. The van der Waals surface area contributed by atoms with E-state index in [-0.39, 0.29) is 12.2 Å². The Morgan fingerprint density at radius 3 is 2.69 bits per heavy atom. The van der Waals surface area contributed by atoms with Gasteiger partial charge in [-0.05, 0) is 29.8 Å². The molecule has 10 nitrogen and oxygen atoms in total. The fourth-order valence-corrected chi connectivity index (χ4v) is 2.32. The lowest BCUT2D eigenvalue weighted by Gasteiger charge is -2.03. The number of benzene rings is 1. The molecule has 1 aromatic carbocycles. The molecule has 0 aliphatic rings. The van der Waals surface area contributed by atoms with Gasteiger partial charge >= 0.3 is 11.8 Å². The number of nitro benzene ring substituents is 1. The van der Waals surface area contributed by atoms with Gasteiger partial charge in [0, 0.05) is 36.6 Å². The maximum absolute atomic E-state index is 11.7. The number of furan rings is 1. The average Bonchev–Trinajstić information content (AvgIpc) is 3.21. The van der Waals surface area contributed by atoms with Gasteiger partial charge in [0.15, 0.2) is 0 Å². The van der Waals surface area contributed by atoms with Crippen LogP contribution in [0, 0.1) is 10.1 Å². The van der Waals surface area contributed by atoms with E-state index in [0.717, 1.165) is 5.56 Å². The minimum absolute atomic E-state index is 0.0563. The first-order valence-corrected chi connectivity index (χ1v) is 8.38. The summed E-state index contributed by atoms with van der Waals surface area (Å²) < 4.78 is 5.52. The molecule has 0 spiro atoms. The number of amides is 2. The summed E-state index contributed by atoms with van der Waals surface area (Å²) in [6.45, 7) is 0.184. The molecule has 0 unspecified atom stereocenters. The first-order chi connectivity index (χ1) is 14.0. The second-order valence-electron chi connectivity index (χ2n) is 5.75. The predicted octanol–water partition coefficient (Wildman–Crippen LogP) is 2.02. The Labute approximate surface area is 164 Å². The van der Waals surface area contributed by atoms with Gasteiger partial charge in [0.2, 0.25) is 0 Å². The molecule has 2 heterocycles. The van der Waals surface area contributed by atoms with Crippen LogP contribution in [0.5, 0.6) is 0 Å². The molecular weight excluding hydrogens is 378 g/mol. The van der Waals surface area contributed by atoms with E-state index in [0.29, 0.717) is 17.1 Å². The van der Waals surface area contributed by atoms with E-state index in [9.17, 15) is 19.7 Å². The summed E-state index contributed by atoms with van der Waals surface area (Å²) in [5, 5.41) is 17.0. The predicted molar refractivity (Wildman–Crippen MR) is 103 cm³/mol. The Hall–Kier alpha value is -4.34. The molecule has 29 heavy (non-hydrogen) atoms. The fraction of sp³-hybridized carbons (Fsp3) is 0.0526. The molecule has 2 aromatic heterocycles. The van der Waals surface area contributed by atoms with Crippen molar-refractivity contribution < 1.29 is 18.9 Å². The zero-order valence-corrected chi connectivity index (χ0v) is 14.9. The van der Waals surface area contributed by atoms with Crippen LogP contribution in [0.25, 0.3) is 11.3 Å². The highest BCUT2D eigenvalue weighted by Gasteiger charge is 2.12. The largest absolute Gasteiger partial charge is 0.455 e. The van der Waals surface area contributed by atoms with E-state index < -0.39 is 16.7 Å². The molecule has 0 saturated heterocycles. The summed E-state index contributed by atoms with van der Waals surface area (Å²) >= 11 is 0. The number of rotatable bonds is 6. The van der Waals surface area contributed by atoms with E-state index in [1.165, 1.54) is 18.3 Å². The summed E-state index contributed by atoms with van der Waals surface area (Å²) in [6, 6.07) is 12.6. The van der Waals surface area contributed by atoms with Crippen LogP contribution in [0.4, 0.5) is 5.69 Å². The van der Waals surface area contributed by atoms with E-state index in [1.54, 1.807) is 48.8 Å². The SMILES string of the molecule is O=C(NCc1ccncc1)C(=O)N/N=C/c1ccc(-c2cccc([N+](=O)[O-])c2)o1. The molecule has 0 aliphatic heterocycles.